The molecule has 34 N–H and O–H groups in total. The second-order valence-electron chi connectivity index (χ2n) is 35.2. The van der Waals surface area contributed by atoms with Gasteiger partial charge in [0, 0.05) is 41.5 Å². The van der Waals surface area contributed by atoms with Crippen LogP contribution in [0, 0.1) is 0 Å². The summed E-state index contributed by atoms with van der Waals surface area (Å²) in [5.74, 6) is -5.85. The van der Waals surface area contributed by atoms with Gasteiger partial charge in [-0.05, 0) is 6.92 Å². The van der Waals surface area contributed by atoms with Gasteiger partial charge in [-0.1, -0.05) is 0 Å². The second-order valence-corrected chi connectivity index (χ2v) is 35.2. The minimum Gasteiger partial charge on any atom is -0.394 e. The van der Waals surface area contributed by atoms with Crippen LogP contribution >= 0.6 is 0 Å². The average Bonchev–Trinajstić information content (AvgIpc) is 0.772. The molecule has 11 heterocycles. The zero-order valence-electron chi connectivity index (χ0n) is 75.4. The van der Waals surface area contributed by atoms with E-state index < -0.39 is 439 Å². The Bertz CT molecular complexity index is 3900. The van der Waals surface area contributed by atoms with Crippen LogP contribution in [-0.4, -0.2) is 582 Å². The second kappa shape index (κ2) is 50.0. The molecule has 802 valence electrons. The quantitative estimate of drug-likeness (QED) is 0.0277. The molecule has 11 saturated heterocycles. The van der Waals surface area contributed by atoms with Crippen LogP contribution < -0.4 is 31.9 Å². The summed E-state index contributed by atoms with van der Waals surface area (Å²) in [5.41, 5.74) is 0. The maximum Gasteiger partial charge on any atom is 0.217 e. The molecular weight excluding hydrogens is 1900 g/mol. The lowest BCUT2D eigenvalue weighted by molar-refractivity contribution is -0.411. The molecule has 0 saturated carbocycles. The van der Waals surface area contributed by atoms with Crippen LogP contribution in [0.2, 0.25) is 0 Å². The molecule has 61 nitrogen and oxygen atoms in total. The van der Waals surface area contributed by atoms with Crippen molar-refractivity contribution in [3.8, 4) is 0 Å². The average molecular weight is 2030 g/mol. The molecule has 6 amide bonds. The maximum absolute atomic E-state index is 13.8. The standard InChI is InChI=1S/C78H130N6O55/c1-18-41(100)52(111)56(115)74(120-18)136-64-40(84-24(7)99)73(129-33(16-93)62(64)135-75-57(116)53(112)44(103)27(10-87)124-75)139-67-55(114)46(105)29(12-89)126-78(67)137-65-58(117)76(133-61-32(15-92)127-71(38(51(61)110)82-22(5)97)131-59-30(13-90)121-68(118)35(49(59)108)79-19(2)94)130-34(63(65)134-70-37(81-21(4)96)48(107)43(102)26(9-86)123-70)17-119-77-66(54(113)45(104)28(11-88)125-77)138-72-39(83-23(6)98)50(109)60(31(14-91)128-72)132-69-36(80-20(3)95)47(106)42(101)25(8-85)122-69/h18,25-78,85-93,100-118H,8-17H2,1-7H3,(H,79,94)(H,80,95)(H,81,96)(H,82,97)(H,83,98)(H,84,99)/t18-,25+,26+,27+,28+,29+,30+,31+,32+,33+,34+,35+,36+,37+,38+,39+,40+,41+,42-,43+,44-,45+,46+,47+,48+,49+,50+,51+,52+,53-,54-,55-,56-,57+,58-,59+,60+,61+,62+,63+,64+,65+,66-,67-,68?,69-,70-,71-,72-,73-,74-,75-,76-,77-,78+/m0/s1. The molecule has 139 heavy (non-hydrogen) atoms. The van der Waals surface area contributed by atoms with E-state index in [0.717, 1.165) is 41.5 Å². The van der Waals surface area contributed by atoms with E-state index in [9.17, 15) is 172 Å². The van der Waals surface area contributed by atoms with Gasteiger partial charge in [-0.3, -0.25) is 28.8 Å². The van der Waals surface area contributed by atoms with Gasteiger partial charge in [0.25, 0.3) is 0 Å². The predicted octanol–water partition coefficient (Wildman–Crippen LogP) is -23.1. The first-order chi connectivity index (χ1) is 65.7. The largest absolute Gasteiger partial charge is 0.394 e. The minimum absolute atomic E-state index is 0.841. The highest BCUT2D eigenvalue weighted by atomic mass is 16.8. The Balaban J connectivity index is 1.04. The van der Waals surface area contributed by atoms with Gasteiger partial charge in [0.05, 0.1) is 72.2 Å². The lowest BCUT2D eigenvalue weighted by Gasteiger charge is -2.53. The van der Waals surface area contributed by atoms with E-state index >= 15 is 0 Å². The van der Waals surface area contributed by atoms with E-state index in [1.54, 1.807) is 0 Å². The zero-order valence-corrected chi connectivity index (χ0v) is 75.4. The van der Waals surface area contributed by atoms with E-state index in [1.807, 2.05) is 0 Å². The number of rotatable bonds is 36. The number of amides is 6. The molecule has 0 aliphatic carbocycles. The van der Waals surface area contributed by atoms with Gasteiger partial charge in [-0.15, -0.1) is 0 Å². The van der Waals surface area contributed by atoms with E-state index in [-0.39, 0.29) is 0 Å². The minimum atomic E-state index is -2.85. The first-order valence-electron chi connectivity index (χ1n) is 44.5. The molecule has 11 rings (SSSR count). The molecule has 11 aliphatic heterocycles. The van der Waals surface area contributed by atoms with Gasteiger partial charge in [-0.2, -0.15) is 0 Å². The number of nitrogens with one attached hydrogen (secondary N) is 6. The van der Waals surface area contributed by atoms with Crippen molar-refractivity contribution < 1.29 is 271 Å². The van der Waals surface area contributed by atoms with Gasteiger partial charge in [0.2, 0.25) is 35.4 Å². The zero-order chi connectivity index (χ0) is 102. The van der Waals surface area contributed by atoms with Crippen LogP contribution in [0.15, 0.2) is 0 Å². The van der Waals surface area contributed by atoms with Crippen LogP contribution in [-0.2, 0) is 128 Å². The van der Waals surface area contributed by atoms with Crippen molar-refractivity contribution in [2.45, 2.75) is 386 Å². The van der Waals surface area contributed by atoms with Gasteiger partial charge in [0.1, 0.15) is 262 Å². The third-order valence-electron chi connectivity index (χ3n) is 25.4. The van der Waals surface area contributed by atoms with Crippen LogP contribution in [0.25, 0.3) is 0 Å². The Morgan fingerprint density at radius 2 is 0.446 bits per heavy atom. The monoisotopic (exact) mass is 2030 g/mol. The van der Waals surface area contributed by atoms with Crippen LogP contribution in [0.3, 0.4) is 0 Å². The highest BCUT2D eigenvalue weighted by Gasteiger charge is 2.64. The SMILES string of the molecule is CC(=O)N[C@H]1[C@H](O[C@H]2[C@H](O)[C@@H](NC(C)=O)C(O)O[C@@H]2CO)O[C@H](CO)[C@@H](O[C@@H]2O[C@H](CO[C@H]3O[C@H](CO)[C@@H](O)[C@H](O)[C@@H]3O[C@@H]3O[C@H](CO)[C@@H](O[C@@H]4O[C@H](CO)[C@H](O)[C@H](O)[C@H]4NC(C)=O)[C@H](O)[C@H]3NC(C)=O)[C@@H](O[C@@H]3O[C@H](CO)[C@@H](O)[C@H](O)[C@H]3NC(C)=O)[C@H](O[C@H]3O[C@H](CO)[C@@H](O)[C@H](O)[C@@H]3O[C@@H]3O[C@H](CO)[C@@H](O[C@@H]4O[C@H](CO)[C@H](O)[C@H](O)[C@H]4O)[C@H](O[C@@H]4O[C@@H](C)[C@@H](O)[C@@H](O)[C@@H]4O)[C@H]3NC(C)=O)[C@@H]2O)[C@@H]1O. The van der Waals surface area contributed by atoms with E-state index in [4.69, 9.17) is 99.5 Å². The number of aliphatic hydroxyl groups is 28. The summed E-state index contributed by atoms with van der Waals surface area (Å²) >= 11 is 0. The summed E-state index contributed by atoms with van der Waals surface area (Å²) < 4.78 is 130. The van der Waals surface area contributed by atoms with Gasteiger partial charge >= 0.3 is 0 Å². The molecule has 11 aliphatic rings. The highest BCUT2D eigenvalue weighted by molar-refractivity contribution is 5.75. The summed E-state index contributed by atoms with van der Waals surface area (Å²) in [7, 11) is 0. The van der Waals surface area contributed by atoms with Crippen molar-refractivity contribution in [2.75, 3.05) is 66.1 Å². The number of aliphatic hydroxyl groups excluding tert-OH is 28. The molecule has 61 heteroatoms. The van der Waals surface area contributed by atoms with Crippen molar-refractivity contribution in [1.29, 1.82) is 0 Å². The Morgan fingerprint density at radius 3 is 0.856 bits per heavy atom. The first-order valence-corrected chi connectivity index (χ1v) is 44.5. The molecule has 0 bridgehead atoms. The Labute approximate surface area is 788 Å². The number of carbonyl (C=O) groups is 6. The van der Waals surface area contributed by atoms with Gasteiger partial charge in [-0.25, -0.2) is 0 Å². The smallest absolute Gasteiger partial charge is 0.217 e. The molecule has 0 aromatic rings. The fraction of sp³-hybridized carbons (Fsp3) is 0.923. The molecule has 11 fully saturated rings. The predicted molar refractivity (Wildman–Crippen MR) is 430 cm³/mol. The van der Waals surface area contributed by atoms with Gasteiger partial charge < -0.3 is 274 Å². The van der Waals surface area contributed by atoms with Crippen LogP contribution in [0.5, 0.6) is 0 Å². The highest BCUT2D eigenvalue weighted by Crippen LogP contribution is 2.43. The molecular formula is C78H130N6O55. The molecule has 0 spiro atoms. The third kappa shape index (κ3) is 25.6. The fourth-order valence-electron chi connectivity index (χ4n) is 18.2. The molecule has 55 atom stereocenters. The Hall–Kier alpha value is -5.14. The number of carbonyl (C=O) groups excluding carboxylic acids is 6. The van der Waals surface area contributed by atoms with Crippen molar-refractivity contribution in [2.24, 2.45) is 0 Å². The molecule has 1 unspecified atom stereocenters. The van der Waals surface area contributed by atoms with Crippen molar-refractivity contribution in [3.63, 3.8) is 0 Å². The van der Waals surface area contributed by atoms with Crippen LogP contribution in [0.4, 0.5) is 0 Å². The number of ether oxygens (including phenoxy) is 21. The summed E-state index contributed by atoms with van der Waals surface area (Å²) in [6.45, 7) is -5.45. The van der Waals surface area contributed by atoms with E-state index in [1.165, 1.54) is 6.92 Å². The van der Waals surface area contributed by atoms with E-state index in [2.05, 4.69) is 31.9 Å². The Morgan fingerprint density at radius 1 is 0.201 bits per heavy atom. The van der Waals surface area contributed by atoms with Crippen LogP contribution in [0.1, 0.15) is 48.5 Å². The summed E-state index contributed by atoms with van der Waals surface area (Å²) in [4.78, 5) is 78.6. The maximum atomic E-state index is 13.8. The van der Waals surface area contributed by atoms with Crippen molar-refractivity contribution in [1.82, 2.24) is 31.9 Å². The fourth-order valence-corrected chi connectivity index (χ4v) is 18.2. The lowest BCUT2D eigenvalue weighted by Crippen LogP contribution is -2.72. The number of hydrogen-bond acceptors (Lipinski definition) is 55. The molecule has 0 aromatic carbocycles. The summed E-state index contributed by atoms with van der Waals surface area (Å²) in [6, 6.07) is -11.8. The van der Waals surface area contributed by atoms with Gasteiger partial charge in [0.15, 0.2) is 69.2 Å². The van der Waals surface area contributed by atoms with Crippen molar-refractivity contribution >= 4 is 35.4 Å². The molecule has 0 radical (unpaired) electrons. The van der Waals surface area contributed by atoms with Crippen molar-refractivity contribution in [3.05, 3.63) is 0 Å². The summed E-state index contributed by atoms with van der Waals surface area (Å²) in [6.07, 6.45) is -108. The molecule has 0 aromatic heterocycles. The normalized spacial score (nSPS) is 48.3. The number of hydrogen-bond donors (Lipinski definition) is 34. The lowest BCUT2D eigenvalue weighted by atomic mass is 9.93. The Kier molecular flexibility index (Phi) is 41.1. The summed E-state index contributed by atoms with van der Waals surface area (Å²) in [5, 5.41) is 333. The topological polar surface area (TPSA) is 935 Å². The third-order valence-corrected chi connectivity index (χ3v) is 25.4. The van der Waals surface area contributed by atoms with E-state index in [0.29, 0.717) is 0 Å². The first kappa shape index (κ1) is 114.